The first-order chi connectivity index (χ1) is 7.44. The molecule has 1 aliphatic heterocycles. The molecule has 0 saturated carbocycles. The van der Waals surface area contributed by atoms with Crippen molar-refractivity contribution in [2.45, 2.75) is 26.7 Å². The van der Waals surface area contributed by atoms with E-state index >= 15 is 0 Å². The number of likely N-dealkylation sites (tertiary alicyclic amines) is 1. The van der Waals surface area contributed by atoms with E-state index in [1.54, 1.807) is 13.8 Å². The summed E-state index contributed by atoms with van der Waals surface area (Å²) < 4.78 is 22.7. The van der Waals surface area contributed by atoms with Crippen LogP contribution >= 0.6 is 0 Å². The van der Waals surface area contributed by atoms with Gasteiger partial charge in [0.25, 0.3) is 0 Å². The molecule has 0 unspecified atom stereocenters. The zero-order valence-electron chi connectivity index (χ0n) is 10.1. The molecular formula is C11H21NO3S. The van der Waals surface area contributed by atoms with Crippen LogP contribution in [-0.2, 0) is 14.6 Å². The van der Waals surface area contributed by atoms with E-state index < -0.39 is 9.84 Å². The molecule has 0 aromatic rings. The summed E-state index contributed by atoms with van der Waals surface area (Å²) in [4.78, 5) is 13.3. The molecule has 0 atom stereocenters. The van der Waals surface area contributed by atoms with Crippen molar-refractivity contribution in [1.82, 2.24) is 4.90 Å². The standard InChI is InChI=1S/C11H21NO3S/c1-3-16(14,15)9-8-12-6-4-11(5-7-12)10(2)13/h11H,3-9H2,1-2H3. The Morgan fingerprint density at radius 3 is 2.31 bits per heavy atom. The van der Waals surface area contributed by atoms with E-state index in [9.17, 15) is 13.2 Å². The molecule has 0 N–H and O–H groups in total. The number of hydrogen-bond acceptors (Lipinski definition) is 4. The highest BCUT2D eigenvalue weighted by molar-refractivity contribution is 7.91. The fourth-order valence-corrected chi connectivity index (χ4v) is 2.80. The van der Waals surface area contributed by atoms with Gasteiger partial charge in [-0.05, 0) is 32.9 Å². The number of carbonyl (C=O) groups excluding carboxylic acids is 1. The van der Waals surface area contributed by atoms with Crippen molar-refractivity contribution in [3.8, 4) is 0 Å². The van der Waals surface area contributed by atoms with Gasteiger partial charge in [-0.25, -0.2) is 8.42 Å². The molecule has 0 spiro atoms. The smallest absolute Gasteiger partial charge is 0.151 e. The second-order valence-electron chi connectivity index (χ2n) is 4.46. The number of carbonyl (C=O) groups is 1. The quantitative estimate of drug-likeness (QED) is 0.718. The molecule has 0 aromatic carbocycles. The van der Waals surface area contributed by atoms with Crippen LogP contribution in [0.5, 0.6) is 0 Å². The van der Waals surface area contributed by atoms with E-state index in [0.29, 0.717) is 6.54 Å². The summed E-state index contributed by atoms with van der Waals surface area (Å²) in [6.07, 6.45) is 1.75. The third kappa shape index (κ3) is 4.22. The molecule has 0 aromatic heterocycles. The monoisotopic (exact) mass is 247 g/mol. The Hall–Kier alpha value is -0.420. The number of ketones is 1. The summed E-state index contributed by atoms with van der Waals surface area (Å²) in [5.41, 5.74) is 0. The SMILES string of the molecule is CCS(=O)(=O)CCN1CCC(C(C)=O)CC1. The predicted molar refractivity (Wildman–Crippen MR) is 64.2 cm³/mol. The minimum absolute atomic E-state index is 0.194. The molecular weight excluding hydrogens is 226 g/mol. The lowest BCUT2D eigenvalue weighted by Gasteiger charge is -2.30. The first-order valence-corrected chi connectivity index (χ1v) is 7.70. The topological polar surface area (TPSA) is 54.5 Å². The van der Waals surface area contributed by atoms with Gasteiger partial charge in [-0.1, -0.05) is 6.92 Å². The van der Waals surface area contributed by atoms with Gasteiger partial charge in [0.2, 0.25) is 0 Å². The maximum atomic E-state index is 11.3. The van der Waals surface area contributed by atoms with Crippen molar-refractivity contribution in [3.63, 3.8) is 0 Å². The third-order valence-corrected chi connectivity index (χ3v) is 5.01. The van der Waals surface area contributed by atoms with E-state index in [1.165, 1.54) is 0 Å². The lowest BCUT2D eigenvalue weighted by Crippen LogP contribution is -2.38. The average Bonchev–Trinajstić information content (AvgIpc) is 2.27. The third-order valence-electron chi connectivity index (χ3n) is 3.32. The molecule has 0 bridgehead atoms. The van der Waals surface area contributed by atoms with Gasteiger partial charge in [0.15, 0.2) is 9.84 Å². The number of sulfone groups is 1. The molecule has 94 valence electrons. The molecule has 0 aliphatic carbocycles. The minimum Gasteiger partial charge on any atom is -0.302 e. The van der Waals surface area contributed by atoms with E-state index in [-0.39, 0.29) is 23.2 Å². The van der Waals surface area contributed by atoms with E-state index in [0.717, 1.165) is 25.9 Å². The number of piperidine rings is 1. The maximum Gasteiger partial charge on any atom is 0.151 e. The Kier molecular flexibility index (Phi) is 4.92. The van der Waals surface area contributed by atoms with Crippen LogP contribution in [-0.4, -0.2) is 50.2 Å². The molecule has 1 rings (SSSR count). The Morgan fingerprint density at radius 2 is 1.88 bits per heavy atom. The summed E-state index contributed by atoms with van der Waals surface area (Å²) in [6.45, 7) is 5.63. The number of rotatable bonds is 5. The van der Waals surface area contributed by atoms with Crippen LogP contribution in [0.15, 0.2) is 0 Å². The van der Waals surface area contributed by atoms with E-state index in [1.807, 2.05) is 0 Å². The van der Waals surface area contributed by atoms with Crippen molar-refractivity contribution >= 4 is 15.6 Å². The number of Topliss-reactive ketones (excluding diaryl/α,β-unsaturated/α-hetero) is 1. The first kappa shape index (κ1) is 13.6. The summed E-state index contributed by atoms with van der Waals surface area (Å²) in [6, 6.07) is 0. The molecule has 1 saturated heterocycles. The van der Waals surface area contributed by atoms with Gasteiger partial charge in [-0.3, -0.25) is 4.79 Å². The number of nitrogens with zero attached hydrogens (tertiary/aromatic N) is 1. The molecule has 0 amide bonds. The van der Waals surface area contributed by atoms with Crippen molar-refractivity contribution in [1.29, 1.82) is 0 Å². The normalized spacial score (nSPS) is 19.9. The fourth-order valence-electron chi connectivity index (χ4n) is 1.98. The molecule has 1 fully saturated rings. The fraction of sp³-hybridized carbons (Fsp3) is 0.909. The second kappa shape index (κ2) is 5.77. The zero-order valence-corrected chi connectivity index (χ0v) is 10.9. The summed E-state index contributed by atoms with van der Waals surface area (Å²) in [5, 5.41) is 0. The van der Waals surface area contributed by atoms with Crippen molar-refractivity contribution in [3.05, 3.63) is 0 Å². The van der Waals surface area contributed by atoms with E-state index in [2.05, 4.69) is 4.90 Å². The van der Waals surface area contributed by atoms with Crippen LogP contribution in [0, 0.1) is 5.92 Å². The Balaban J connectivity index is 2.30. The minimum atomic E-state index is -2.86. The number of hydrogen-bond donors (Lipinski definition) is 0. The van der Waals surface area contributed by atoms with Crippen LogP contribution in [0.4, 0.5) is 0 Å². The lowest BCUT2D eigenvalue weighted by atomic mass is 9.93. The average molecular weight is 247 g/mol. The largest absolute Gasteiger partial charge is 0.302 e. The van der Waals surface area contributed by atoms with E-state index in [4.69, 9.17) is 0 Å². The van der Waals surface area contributed by atoms with Gasteiger partial charge in [0.05, 0.1) is 5.75 Å². The van der Waals surface area contributed by atoms with Crippen molar-refractivity contribution in [2.24, 2.45) is 5.92 Å². The van der Waals surface area contributed by atoms with Crippen LogP contribution in [0.1, 0.15) is 26.7 Å². The second-order valence-corrected chi connectivity index (χ2v) is 6.94. The van der Waals surface area contributed by atoms with Gasteiger partial charge in [0.1, 0.15) is 5.78 Å². The van der Waals surface area contributed by atoms with Crippen LogP contribution < -0.4 is 0 Å². The lowest BCUT2D eigenvalue weighted by molar-refractivity contribution is -0.122. The summed E-state index contributed by atoms with van der Waals surface area (Å²) in [5.74, 6) is 0.922. The summed E-state index contributed by atoms with van der Waals surface area (Å²) >= 11 is 0. The zero-order chi connectivity index (χ0) is 12.2. The predicted octanol–water partition coefficient (Wildman–Crippen LogP) is 0.722. The van der Waals surface area contributed by atoms with Gasteiger partial charge in [0, 0.05) is 18.2 Å². The highest BCUT2D eigenvalue weighted by atomic mass is 32.2. The Bertz CT molecular complexity index is 329. The highest BCUT2D eigenvalue weighted by Gasteiger charge is 2.22. The molecule has 16 heavy (non-hydrogen) atoms. The Labute approximate surface area is 97.9 Å². The molecule has 0 radical (unpaired) electrons. The maximum absolute atomic E-state index is 11.3. The first-order valence-electron chi connectivity index (χ1n) is 5.88. The Morgan fingerprint density at radius 1 is 1.31 bits per heavy atom. The van der Waals surface area contributed by atoms with Crippen molar-refractivity contribution in [2.75, 3.05) is 31.1 Å². The van der Waals surface area contributed by atoms with Crippen LogP contribution in [0.2, 0.25) is 0 Å². The molecule has 5 heteroatoms. The van der Waals surface area contributed by atoms with Crippen LogP contribution in [0.3, 0.4) is 0 Å². The van der Waals surface area contributed by atoms with Crippen molar-refractivity contribution < 1.29 is 13.2 Å². The highest BCUT2D eigenvalue weighted by Crippen LogP contribution is 2.17. The van der Waals surface area contributed by atoms with Gasteiger partial charge >= 0.3 is 0 Å². The summed E-state index contributed by atoms with van der Waals surface area (Å²) in [7, 11) is -2.86. The molecule has 1 aliphatic rings. The molecule has 1 heterocycles. The van der Waals surface area contributed by atoms with Gasteiger partial charge in [-0.2, -0.15) is 0 Å². The molecule has 4 nitrogen and oxygen atoms in total. The van der Waals surface area contributed by atoms with Gasteiger partial charge in [-0.15, -0.1) is 0 Å². The van der Waals surface area contributed by atoms with Crippen LogP contribution in [0.25, 0.3) is 0 Å². The van der Waals surface area contributed by atoms with Gasteiger partial charge < -0.3 is 4.90 Å².